The molecule has 10 heavy (non-hydrogen) atoms. The summed E-state index contributed by atoms with van der Waals surface area (Å²) in [5, 5.41) is 0. The molecule has 0 aliphatic carbocycles. The lowest BCUT2D eigenvalue weighted by Crippen LogP contribution is -1.87. The van der Waals surface area contributed by atoms with E-state index >= 15 is 0 Å². The number of carbonyl (C=O) groups excluding carboxylic acids is 1. The molecule has 0 radical (unpaired) electrons. The first-order valence-electron chi connectivity index (χ1n) is 2.69. The third-order valence-electron chi connectivity index (χ3n) is 1.01. The molecule has 52 valence electrons. The van der Waals surface area contributed by atoms with Crippen molar-refractivity contribution in [1.29, 1.82) is 0 Å². The van der Waals surface area contributed by atoms with Crippen LogP contribution in [0.25, 0.3) is 0 Å². The van der Waals surface area contributed by atoms with E-state index in [4.69, 9.17) is 0 Å². The maximum Gasteiger partial charge on any atom is 0.298 e. The Kier molecular flexibility index (Phi) is 2.45. The molecule has 0 saturated carbocycles. The van der Waals surface area contributed by atoms with Gasteiger partial charge in [-0.1, -0.05) is 12.1 Å². The van der Waals surface area contributed by atoms with E-state index in [1.54, 1.807) is 18.2 Å². The highest BCUT2D eigenvalue weighted by Crippen LogP contribution is 2.22. The molecule has 0 aromatic heterocycles. The van der Waals surface area contributed by atoms with Gasteiger partial charge in [0.15, 0.2) is 0 Å². The Morgan fingerprint density at radius 3 is 2.70 bits per heavy atom. The molecular formula is C7H5BrO2. The van der Waals surface area contributed by atoms with E-state index in [0.717, 1.165) is 4.47 Å². The molecule has 0 atom stereocenters. The number of benzene rings is 1. The second-order valence-electron chi connectivity index (χ2n) is 1.64. The highest BCUT2D eigenvalue weighted by Gasteiger charge is 1.95. The molecule has 2 nitrogen and oxygen atoms in total. The SMILES string of the molecule is O=COc1ccccc1Br. The zero-order valence-corrected chi connectivity index (χ0v) is 6.67. The Bertz CT molecular complexity index is 235. The second-order valence-corrected chi connectivity index (χ2v) is 2.50. The largest absolute Gasteiger partial charge is 0.428 e. The van der Waals surface area contributed by atoms with Crippen molar-refractivity contribution in [2.24, 2.45) is 0 Å². The summed E-state index contributed by atoms with van der Waals surface area (Å²) in [6.07, 6.45) is 0. The summed E-state index contributed by atoms with van der Waals surface area (Å²) in [5.74, 6) is 0.539. The molecule has 0 bridgehead atoms. The molecule has 0 saturated heterocycles. The number of carbonyl (C=O) groups is 1. The van der Waals surface area contributed by atoms with Crippen LogP contribution in [0.2, 0.25) is 0 Å². The van der Waals surface area contributed by atoms with Crippen LogP contribution in [0.3, 0.4) is 0 Å². The summed E-state index contributed by atoms with van der Waals surface area (Å²) in [7, 11) is 0. The first-order valence-corrected chi connectivity index (χ1v) is 3.48. The van der Waals surface area contributed by atoms with E-state index in [-0.39, 0.29) is 0 Å². The Labute approximate surface area is 66.9 Å². The highest BCUT2D eigenvalue weighted by atomic mass is 79.9. The van der Waals surface area contributed by atoms with Crippen molar-refractivity contribution < 1.29 is 9.53 Å². The van der Waals surface area contributed by atoms with Crippen LogP contribution < -0.4 is 4.74 Å². The summed E-state index contributed by atoms with van der Waals surface area (Å²) >= 11 is 3.21. The fraction of sp³-hybridized carbons (Fsp3) is 0. The molecule has 1 rings (SSSR count). The van der Waals surface area contributed by atoms with Gasteiger partial charge < -0.3 is 4.74 Å². The molecule has 1 aromatic rings. The van der Waals surface area contributed by atoms with Crippen molar-refractivity contribution in [3.8, 4) is 5.75 Å². The fourth-order valence-electron chi connectivity index (χ4n) is 0.592. The van der Waals surface area contributed by atoms with Gasteiger partial charge in [0.1, 0.15) is 5.75 Å². The number of halogens is 1. The molecule has 0 N–H and O–H groups in total. The van der Waals surface area contributed by atoms with Gasteiger partial charge in [-0.25, -0.2) is 0 Å². The van der Waals surface area contributed by atoms with Crippen molar-refractivity contribution >= 4 is 22.4 Å². The first-order chi connectivity index (χ1) is 4.84. The molecule has 0 fully saturated rings. The van der Waals surface area contributed by atoms with Gasteiger partial charge in [-0.05, 0) is 28.1 Å². The lowest BCUT2D eigenvalue weighted by atomic mass is 10.3. The van der Waals surface area contributed by atoms with Crippen LogP contribution >= 0.6 is 15.9 Å². The summed E-state index contributed by atoms with van der Waals surface area (Å²) in [6.45, 7) is 0.403. The Morgan fingerprint density at radius 2 is 2.10 bits per heavy atom. The maximum absolute atomic E-state index is 9.88. The van der Waals surface area contributed by atoms with Crippen LogP contribution in [0.4, 0.5) is 0 Å². The van der Waals surface area contributed by atoms with Gasteiger partial charge in [0.2, 0.25) is 0 Å². The zero-order chi connectivity index (χ0) is 7.40. The highest BCUT2D eigenvalue weighted by molar-refractivity contribution is 9.10. The number of hydrogen-bond donors (Lipinski definition) is 0. The molecule has 0 aliphatic heterocycles. The van der Waals surface area contributed by atoms with Crippen molar-refractivity contribution in [2.45, 2.75) is 0 Å². The quantitative estimate of drug-likeness (QED) is 0.683. The van der Waals surface area contributed by atoms with Gasteiger partial charge in [-0.15, -0.1) is 0 Å². The third kappa shape index (κ3) is 1.57. The van der Waals surface area contributed by atoms with E-state index in [0.29, 0.717) is 12.2 Å². The van der Waals surface area contributed by atoms with E-state index in [1.165, 1.54) is 0 Å². The first kappa shape index (κ1) is 7.28. The van der Waals surface area contributed by atoms with Crippen molar-refractivity contribution in [3.63, 3.8) is 0 Å². The zero-order valence-electron chi connectivity index (χ0n) is 5.08. The Morgan fingerprint density at radius 1 is 1.40 bits per heavy atom. The van der Waals surface area contributed by atoms with Crippen molar-refractivity contribution in [1.82, 2.24) is 0 Å². The lowest BCUT2D eigenvalue weighted by Gasteiger charge is -1.97. The molecule has 0 spiro atoms. The maximum atomic E-state index is 9.88. The smallest absolute Gasteiger partial charge is 0.298 e. The predicted octanol–water partition coefficient (Wildman–Crippen LogP) is 1.98. The van der Waals surface area contributed by atoms with Crippen LogP contribution in [-0.2, 0) is 4.79 Å². The molecule has 0 aliphatic rings. The summed E-state index contributed by atoms with van der Waals surface area (Å²) in [6, 6.07) is 7.16. The third-order valence-corrected chi connectivity index (χ3v) is 1.67. The van der Waals surface area contributed by atoms with E-state index in [1.807, 2.05) is 6.07 Å². The van der Waals surface area contributed by atoms with E-state index < -0.39 is 0 Å². The fourth-order valence-corrected chi connectivity index (χ4v) is 0.970. The van der Waals surface area contributed by atoms with Crippen LogP contribution in [-0.4, -0.2) is 6.47 Å². The Hall–Kier alpha value is -0.830. The minimum absolute atomic E-state index is 0.403. The van der Waals surface area contributed by atoms with Crippen molar-refractivity contribution in [3.05, 3.63) is 28.7 Å². The second kappa shape index (κ2) is 3.37. The van der Waals surface area contributed by atoms with Crippen LogP contribution in [0.5, 0.6) is 5.75 Å². The van der Waals surface area contributed by atoms with Gasteiger partial charge in [0, 0.05) is 0 Å². The van der Waals surface area contributed by atoms with E-state index in [9.17, 15) is 4.79 Å². The summed E-state index contributed by atoms with van der Waals surface area (Å²) in [4.78, 5) is 9.88. The number of para-hydroxylation sites is 1. The predicted molar refractivity (Wildman–Crippen MR) is 40.8 cm³/mol. The molecular weight excluding hydrogens is 196 g/mol. The normalized spacial score (nSPS) is 8.90. The van der Waals surface area contributed by atoms with Crippen LogP contribution in [0.15, 0.2) is 28.7 Å². The lowest BCUT2D eigenvalue weighted by molar-refractivity contribution is -0.120. The monoisotopic (exact) mass is 200 g/mol. The number of hydrogen-bond acceptors (Lipinski definition) is 2. The topological polar surface area (TPSA) is 26.3 Å². The average Bonchev–Trinajstić information content (AvgIpc) is 1.94. The van der Waals surface area contributed by atoms with Crippen LogP contribution in [0, 0.1) is 0 Å². The Balaban J connectivity index is 2.91. The molecule has 0 heterocycles. The summed E-state index contributed by atoms with van der Waals surface area (Å²) < 4.78 is 5.39. The van der Waals surface area contributed by atoms with Crippen molar-refractivity contribution in [2.75, 3.05) is 0 Å². The standard InChI is InChI=1S/C7H5BrO2/c8-6-3-1-2-4-7(6)10-5-9/h1-5H. The minimum Gasteiger partial charge on any atom is -0.428 e. The average molecular weight is 201 g/mol. The summed E-state index contributed by atoms with van der Waals surface area (Å²) in [5.41, 5.74) is 0. The van der Waals surface area contributed by atoms with Gasteiger partial charge in [0.05, 0.1) is 4.47 Å². The van der Waals surface area contributed by atoms with Gasteiger partial charge in [-0.2, -0.15) is 0 Å². The van der Waals surface area contributed by atoms with Gasteiger partial charge in [-0.3, -0.25) is 4.79 Å². The van der Waals surface area contributed by atoms with Gasteiger partial charge >= 0.3 is 0 Å². The van der Waals surface area contributed by atoms with Gasteiger partial charge in [0.25, 0.3) is 6.47 Å². The molecule has 0 amide bonds. The molecule has 1 aromatic carbocycles. The number of rotatable bonds is 2. The molecule has 0 unspecified atom stereocenters. The van der Waals surface area contributed by atoms with E-state index in [2.05, 4.69) is 20.7 Å². The molecule has 3 heteroatoms. The minimum atomic E-state index is 0.403. The van der Waals surface area contributed by atoms with Crippen LogP contribution in [0.1, 0.15) is 0 Å². The number of ether oxygens (including phenoxy) is 1.